The largest absolute Gasteiger partial charge is 0.507 e. The molecule has 1 fully saturated rings. The summed E-state index contributed by atoms with van der Waals surface area (Å²) in [6.45, 7) is 6.17. The molecule has 0 amide bonds. The minimum atomic E-state index is 0.275. The van der Waals surface area contributed by atoms with Crippen molar-refractivity contribution in [2.75, 3.05) is 32.1 Å². The predicted octanol–water partition coefficient (Wildman–Crippen LogP) is 4.94. The summed E-state index contributed by atoms with van der Waals surface area (Å²) in [7, 11) is 4.28. The zero-order valence-electron chi connectivity index (χ0n) is 16.9. The average molecular weight is 394 g/mol. The monoisotopic (exact) mass is 393 g/mol. The number of thiophene rings is 1. The number of nitrogens with zero attached hydrogens (tertiary/aromatic N) is 3. The first kappa shape index (κ1) is 19.0. The van der Waals surface area contributed by atoms with Gasteiger partial charge in [0.15, 0.2) is 0 Å². The molecule has 146 valence electrons. The standard InChI is InChI=1S/C23H27N3OS/c1-15-5-6-21(27)19(11-15)20-12-17(23-16(2)8-10-28-23)13-22(24-20)26-9-7-18(14-26)25(3)4/h5-6,8,10-13,18,27H,7,9,14H2,1-4H3. The van der Waals surface area contributed by atoms with Gasteiger partial charge in [-0.3, -0.25) is 0 Å². The van der Waals surface area contributed by atoms with E-state index in [0.29, 0.717) is 6.04 Å². The molecule has 1 unspecified atom stereocenters. The van der Waals surface area contributed by atoms with Crippen molar-refractivity contribution in [3.8, 4) is 27.4 Å². The Labute approximate surface area is 171 Å². The smallest absolute Gasteiger partial charge is 0.129 e. The number of aromatic hydroxyl groups is 1. The zero-order chi connectivity index (χ0) is 19.8. The minimum Gasteiger partial charge on any atom is -0.507 e. The Morgan fingerprint density at radius 3 is 2.64 bits per heavy atom. The van der Waals surface area contributed by atoms with E-state index in [9.17, 15) is 5.11 Å². The lowest BCUT2D eigenvalue weighted by Crippen LogP contribution is -2.31. The summed E-state index contributed by atoms with van der Waals surface area (Å²) in [5.74, 6) is 1.27. The van der Waals surface area contributed by atoms with E-state index in [1.54, 1.807) is 17.4 Å². The molecule has 3 heterocycles. The molecular formula is C23H27N3OS. The van der Waals surface area contributed by atoms with Gasteiger partial charge in [0.05, 0.1) is 5.69 Å². The van der Waals surface area contributed by atoms with Gasteiger partial charge in [-0.25, -0.2) is 4.98 Å². The van der Waals surface area contributed by atoms with Gasteiger partial charge >= 0.3 is 0 Å². The Bertz CT molecular complexity index is 995. The van der Waals surface area contributed by atoms with Crippen LogP contribution >= 0.6 is 11.3 Å². The number of phenols is 1. The van der Waals surface area contributed by atoms with E-state index in [0.717, 1.165) is 42.1 Å². The van der Waals surface area contributed by atoms with Crippen LogP contribution in [0.5, 0.6) is 5.75 Å². The highest BCUT2D eigenvalue weighted by atomic mass is 32.1. The van der Waals surface area contributed by atoms with Gasteiger partial charge in [-0.1, -0.05) is 11.6 Å². The molecule has 1 aliphatic rings. The molecule has 4 nitrogen and oxygen atoms in total. The number of rotatable bonds is 4. The summed E-state index contributed by atoms with van der Waals surface area (Å²) in [4.78, 5) is 10.9. The summed E-state index contributed by atoms with van der Waals surface area (Å²) in [6.07, 6.45) is 1.14. The molecule has 0 bridgehead atoms. The van der Waals surface area contributed by atoms with E-state index < -0.39 is 0 Å². The van der Waals surface area contributed by atoms with Crippen LogP contribution in [0.25, 0.3) is 21.7 Å². The normalized spacial score (nSPS) is 16.9. The number of benzene rings is 1. The summed E-state index contributed by atoms with van der Waals surface area (Å²) >= 11 is 1.75. The number of hydrogen-bond acceptors (Lipinski definition) is 5. The second-order valence-corrected chi connectivity index (χ2v) is 8.82. The Morgan fingerprint density at radius 1 is 1.14 bits per heavy atom. The van der Waals surface area contributed by atoms with Crippen molar-refractivity contribution in [2.24, 2.45) is 0 Å². The van der Waals surface area contributed by atoms with Crippen LogP contribution in [0.4, 0.5) is 5.82 Å². The molecule has 0 aliphatic carbocycles. The second kappa shape index (κ2) is 7.57. The molecule has 0 radical (unpaired) electrons. The van der Waals surface area contributed by atoms with Crippen molar-refractivity contribution in [1.29, 1.82) is 0 Å². The van der Waals surface area contributed by atoms with Crippen molar-refractivity contribution in [2.45, 2.75) is 26.3 Å². The minimum absolute atomic E-state index is 0.275. The van der Waals surface area contributed by atoms with Crippen molar-refractivity contribution in [3.63, 3.8) is 0 Å². The number of hydrogen-bond donors (Lipinski definition) is 1. The molecule has 1 aliphatic heterocycles. The summed E-state index contributed by atoms with van der Waals surface area (Å²) < 4.78 is 0. The molecule has 3 aromatic rings. The third-order valence-corrected chi connectivity index (χ3v) is 6.65. The Hall–Kier alpha value is -2.37. The van der Waals surface area contributed by atoms with Gasteiger partial charge in [0.1, 0.15) is 11.6 Å². The molecule has 0 spiro atoms. The van der Waals surface area contributed by atoms with Gasteiger partial charge in [-0.15, -0.1) is 11.3 Å². The molecule has 1 N–H and O–H groups in total. The maximum atomic E-state index is 10.5. The Morgan fingerprint density at radius 2 is 1.96 bits per heavy atom. The topological polar surface area (TPSA) is 39.6 Å². The third kappa shape index (κ3) is 3.64. The van der Waals surface area contributed by atoms with Crippen LogP contribution in [0.15, 0.2) is 41.8 Å². The highest BCUT2D eigenvalue weighted by Gasteiger charge is 2.26. The number of likely N-dealkylation sites (N-methyl/N-ethyl adjacent to an activating group) is 1. The molecule has 5 heteroatoms. The lowest BCUT2D eigenvalue weighted by atomic mass is 10.0. The van der Waals surface area contributed by atoms with Crippen LogP contribution in [-0.4, -0.2) is 48.2 Å². The molecular weight excluding hydrogens is 366 g/mol. The van der Waals surface area contributed by atoms with Gasteiger partial charge < -0.3 is 14.9 Å². The average Bonchev–Trinajstić information content (AvgIpc) is 3.32. The first-order valence-electron chi connectivity index (χ1n) is 9.70. The van der Waals surface area contributed by atoms with Gasteiger partial charge in [0.2, 0.25) is 0 Å². The number of pyridine rings is 1. The molecule has 0 saturated carbocycles. The molecule has 28 heavy (non-hydrogen) atoms. The van der Waals surface area contributed by atoms with Crippen LogP contribution in [0.3, 0.4) is 0 Å². The van der Waals surface area contributed by atoms with Crippen molar-refractivity contribution < 1.29 is 5.11 Å². The van der Waals surface area contributed by atoms with E-state index >= 15 is 0 Å². The fourth-order valence-corrected chi connectivity index (χ4v) is 4.76. The first-order chi connectivity index (χ1) is 13.4. The lowest BCUT2D eigenvalue weighted by molar-refractivity contribution is 0.315. The number of phenolic OH excluding ortho intramolecular Hbond substituents is 1. The molecule has 2 aromatic heterocycles. The lowest BCUT2D eigenvalue weighted by Gasteiger charge is -2.22. The first-order valence-corrected chi connectivity index (χ1v) is 10.6. The molecule has 1 aromatic carbocycles. The van der Waals surface area contributed by atoms with Crippen LogP contribution in [0.2, 0.25) is 0 Å². The van der Waals surface area contributed by atoms with E-state index in [1.807, 2.05) is 19.1 Å². The van der Waals surface area contributed by atoms with E-state index in [4.69, 9.17) is 4.98 Å². The maximum absolute atomic E-state index is 10.5. The number of aryl methyl sites for hydroxylation is 2. The highest BCUT2D eigenvalue weighted by Crippen LogP contribution is 2.37. The van der Waals surface area contributed by atoms with E-state index in [-0.39, 0.29) is 5.75 Å². The third-order valence-electron chi connectivity index (χ3n) is 5.58. The van der Waals surface area contributed by atoms with E-state index in [2.05, 4.69) is 54.4 Å². The Balaban J connectivity index is 1.82. The highest BCUT2D eigenvalue weighted by molar-refractivity contribution is 7.13. The van der Waals surface area contributed by atoms with Crippen LogP contribution in [0, 0.1) is 13.8 Å². The summed E-state index contributed by atoms with van der Waals surface area (Å²) in [5, 5.41) is 12.6. The fraction of sp³-hybridized carbons (Fsp3) is 0.348. The SMILES string of the molecule is Cc1ccc(O)c(-c2cc(-c3sccc3C)cc(N3CCC(N(C)C)C3)n2)c1. The van der Waals surface area contributed by atoms with Gasteiger partial charge in [-0.2, -0.15) is 0 Å². The molecule has 1 atom stereocenters. The quantitative estimate of drug-likeness (QED) is 0.681. The fourth-order valence-electron chi connectivity index (χ4n) is 3.84. The zero-order valence-corrected chi connectivity index (χ0v) is 17.8. The van der Waals surface area contributed by atoms with Crippen molar-refractivity contribution >= 4 is 17.2 Å². The van der Waals surface area contributed by atoms with Crippen molar-refractivity contribution in [3.05, 3.63) is 52.9 Å². The Kier molecular flexibility index (Phi) is 5.13. The number of anilines is 1. The van der Waals surface area contributed by atoms with Gasteiger partial charge in [-0.05, 0) is 81.2 Å². The van der Waals surface area contributed by atoms with Gasteiger partial charge in [0.25, 0.3) is 0 Å². The van der Waals surface area contributed by atoms with Crippen LogP contribution < -0.4 is 4.90 Å². The molecule has 4 rings (SSSR count). The molecule has 1 saturated heterocycles. The van der Waals surface area contributed by atoms with E-state index in [1.165, 1.54) is 16.0 Å². The second-order valence-electron chi connectivity index (χ2n) is 7.90. The number of aromatic nitrogens is 1. The van der Waals surface area contributed by atoms with Crippen LogP contribution in [-0.2, 0) is 0 Å². The predicted molar refractivity (Wildman–Crippen MR) is 118 cm³/mol. The van der Waals surface area contributed by atoms with Gasteiger partial charge in [0, 0.05) is 29.6 Å². The summed E-state index contributed by atoms with van der Waals surface area (Å²) in [5.41, 5.74) is 5.18. The van der Waals surface area contributed by atoms with Crippen molar-refractivity contribution in [1.82, 2.24) is 9.88 Å². The maximum Gasteiger partial charge on any atom is 0.129 e. The van der Waals surface area contributed by atoms with Crippen LogP contribution in [0.1, 0.15) is 17.5 Å². The summed E-state index contributed by atoms with van der Waals surface area (Å²) in [6, 6.07) is 12.7.